The van der Waals surface area contributed by atoms with Gasteiger partial charge in [0.15, 0.2) is 0 Å². The van der Waals surface area contributed by atoms with Crippen molar-refractivity contribution in [1.29, 1.82) is 0 Å². The topological polar surface area (TPSA) is 43.6 Å². The maximum atomic E-state index is 5.46. The van der Waals surface area contributed by atoms with E-state index >= 15 is 0 Å². The zero-order chi connectivity index (χ0) is 7.78. The molecule has 0 saturated heterocycles. The van der Waals surface area contributed by atoms with Gasteiger partial charge in [0.2, 0.25) is 0 Å². The Kier molecular flexibility index (Phi) is 1.64. The lowest BCUT2D eigenvalue weighted by atomic mass is 10.1. The number of hydrogen-bond acceptors (Lipinski definition) is 3. The average molecular weight is 161 g/mol. The van der Waals surface area contributed by atoms with Gasteiger partial charge in [-0.25, -0.2) is 0 Å². The monoisotopic (exact) mass is 160 g/mol. The summed E-state index contributed by atoms with van der Waals surface area (Å²) in [5.41, 5.74) is -0.139. The van der Waals surface area contributed by atoms with E-state index in [2.05, 4.69) is 15.4 Å². The van der Waals surface area contributed by atoms with E-state index < -0.39 is 0 Å². The molecule has 0 N–H and O–H groups in total. The highest BCUT2D eigenvalue weighted by Gasteiger charge is 2.15. The van der Waals surface area contributed by atoms with Gasteiger partial charge in [-0.2, -0.15) is 4.80 Å². The van der Waals surface area contributed by atoms with Crippen LogP contribution >= 0.6 is 11.6 Å². The Morgan fingerprint density at radius 2 is 2.00 bits per heavy atom. The summed E-state index contributed by atoms with van der Waals surface area (Å²) in [5, 5.41) is 11.3. The molecule has 0 aliphatic carbocycles. The van der Waals surface area contributed by atoms with E-state index in [1.165, 1.54) is 4.80 Å². The molecule has 0 amide bonds. The Bertz CT molecular complexity index is 224. The Hall–Kier alpha value is -0.640. The smallest absolute Gasteiger partial charge is 0.158 e. The molecule has 0 radical (unpaired) electrons. The van der Waals surface area contributed by atoms with Crippen LogP contribution < -0.4 is 0 Å². The summed E-state index contributed by atoms with van der Waals surface area (Å²) < 4.78 is 0. The first-order valence-corrected chi connectivity index (χ1v) is 3.34. The molecule has 0 saturated carbocycles. The summed E-state index contributed by atoms with van der Waals surface area (Å²) in [6.07, 6.45) is 0. The Morgan fingerprint density at radius 1 is 1.40 bits per heavy atom. The van der Waals surface area contributed by atoms with Crippen molar-refractivity contribution >= 4 is 11.6 Å². The van der Waals surface area contributed by atoms with Crippen LogP contribution in [0.3, 0.4) is 0 Å². The van der Waals surface area contributed by atoms with E-state index in [-0.39, 0.29) is 10.8 Å². The molecule has 1 aromatic heterocycles. The van der Waals surface area contributed by atoms with Crippen LogP contribution in [-0.4, -0.2) is 20.2 Å². The number of nitrogens with zero attached hydrogens (tertiary/aromatic N) is 4. The van der Waals surface area contributed by atoms with Crippen LogP contribution in [0.1, 0.15) is 20.8 Å². The van der Waals surface area contributed by atoms with Crippen molar-refractivity contribution in [1.82, 2.24) is 20.2 Å². The lowest BCUT2D eigenvalue weighted by Crippen LogP contribution is -2.24. The van der Waals surface area contributed by atoms with Gasteiger partial charge in [-0.05, 0) is 37.6 Å². The maximum Gasteiger partial charge on any atom is 0.264 e. The minimum absolute atomic E-state index is 0.139. The van der Waals surface area contributed by atoms with Gasteiger partial charge >= 0.3 is 0 Å². The lowest BCUT2D eigenvalue weighted by Gasteiger charge is -2.14. The summed E-state index contributed by atoms with van der Waals surface area (Å²) in [7, 11) is 0. The molecule has 0 atom stereocenters. The summed E-state index contributed by atoms with van der Waals surface area (Å²) in [5.74, 6) is 0. The van der Waals surface area contributed by atoms with Crippen molar-refractivity contribution in [2.75, 3.05) is 0 Å². The van der Waals surface area contributed by atoms with E-state index in [0.29, 0.717) is 0 Å². The van der Waals surface area contributed by atoms with Crippen LogP contribution in [0.5, 0.6) is 0 Å². The lowest BCUT2D eigenvalue weighted by molar-refractivity contribution is 0.306. The van der Waals surface area contributed by atoms with E-state index in [1.807, 2.05) is 20.8 Å². The summed E-state index contributed by atoms with van der Waals surface area (Å²) in [6.45, 7) is 5.93. The normalized spacial score (nSPS) is 12.0. The first kappa shape index (κ1) is 7.47. The quantitative estimate of drug-likeness (QED) is 0.571. The largest absolute Gasteiger partial charge is 0.264 e. The first-order chi connectivity index (χ1) is 4.50. The van der Waals surface area contributed by atoms with Crippen molar-refractivity contribution in [3.8, 4) is 0 Å². The van der Waals surface area contributed by atoms with Gasteiger partial charge in [0.1, 0.15) is 0 Å². The van der Waals surface area contributed by atoms with Crippen molar-refractivity contribution < 1.29 is 0 Å². The third kappa shape index (κ3) is 1.44. The number of rotatable bonds is 0. The molecule has 0 spiro atoms. The fraction of sp³-hybridized carbons (Fsp3) is 0.800. The molecule has 0 unspecified atom stereocenters. The third-order valence-electron chi connectivity index (χ3n) is 0.989. The number of aromatic nitrogens is 4. The number of tetrazole rings is 1. The standard InChI is InChI=1S/C5H9ClN4/c1-5(2,3)10-8-4(6)7-9-10/h1-3H3. The molecule has 5 heteroatoms. The van der Waals surface area contributed by atoms with Gasteiger partial charge in [-0.3, -0.25) is 0 Å². The first-order valence-electron chi connectivity index (χ1n) is 2.96. The van der Waals surface area contributed by atoms with Crippen LogP contribution in [0.4, 0.5) is 0 Å². The second kappa shape index (κ2) is 2.20. The minimum Gasteiger partial charge on any atom is -0.158 e. The SMILES string of the molecule is CC(C)(C)n1nnc(Cl)n1. The zero-order valence-electron chi connectivity index (χ0n) is 6.17. The molecule has 0 aliphatic heterocycles. The predicted octanol–water partition coefficient (Wildman–Crippen LogP) is 1.08. The third-order valence-corrected chi connectivity index (χ3v) is 1.14. The van der Waals surface area contributed by atoms with E-state index in [9.17, 15) is 0 Å². The molecule has 0 fully saturated rings. The fourth-order valence-corrected chi connectivity index (χ4v) is 0.587. The molecular formula is C5H9ClN4. The highest BCUT2D eigenvalue weighted by atomic mass is 35.5. The van der Waals surface area contributed by atoms with Gasteiger partial charge in [0.05, 0.1) is 5.54 Å². The van der Waals surface area contributed by atoms with Crippen LogP contribution in [0.15, 0.2) is 0 Å². The number of hydrogen-bond donors (Lipinski definition) is 0. The Morgan fingerprint density at radius 3 is 2.20 bits per heavy atom. The summed E-state index contributed by atoms with van der Waals surface area (Å²) in [6, 6.07) is 0. The summed E-state index contributed by atoms with van der Waals surface area (Å²) >= 11 is 5.46. The van der Waals surface area contributed by atoms with E-state index in [1.54, 1.807) is 0 Å². The maximum absolute atomic E-state index is 5.46. The second-order valence-electron chi connectivity index (χ2n) is 3.02. The predicted molar refractivity (Wildman–Crippen MR) is 37.8 cm³/mol. The highest BCUT2D eigenvalue weighted by molar-refractivity contribution is 6.28. The zero-order valence-corrected chi connectivity index (χ0v) is 6.92. The van der Waals surface area contributed by atoms with Crippen molar-refractivity contribution in [2.45, 2.75) is 26.3 Å². The van der Waals surface area contributed by atoms with Gasteiger partial charge in [0, 0.05) is 0 Å². The van der Waals surface area contributed by atoms with Gasteiger partial charge in [-0.1, -0.05) is 5.10 Å². The molecule has 0 bridgehead atoms. The van der Waals surface area contributed by atoms with E-state index in [4.69, 9.17) is 11.6 Å². The van der Waals surface area contributed by atoms with Gasteiger partial charge in [0.25, 0.3) is 5.28 Å². The molecule has 1 rings (SSSR count). The van der Waals surface area contributed by atoms with Crippen LogP contribution in [-0.2, 0) is 5.54 Å². The van der Waals surface area contributed by atoms with Gasteiger partial charge < -0.3 is 0 Å². The Balaban J connectivity index is 2.96. The highest BCUT2D eigenvalue weighted by Crippen LogP contribution is 2.09. The van der Waals surface area contributed by atoms with Crippen LogP contribution in [0.25, 0.3) is 0 Å². The molecule has 10 heavy (non-hydrogen) atoms. The molecule has 56 valence electrons. The van der Waals surface area contributed by atoms with Crippen molar-refractivity contribution in [3.63, 3.8) is 0 Å². The number of halogens is 1. The fourth-order valence-electron chi connectivity index (χ4n) is 0.482. The molecule has 1 heterocycles. The molecular weight excluding hydrogens is 152 g/mol. The van der Waals surface area contributed by atoms with Crippen LogP contribution in [0.2, 0.25) is 5.28 Å². The van der Waals surface area contributed by atoms with Crippen molar-refractivity contribution in [3.05, 3.63) is 5.28 Å². The van der Waals surface area contributed by atoms with E-state index in [0.717, 1.165) is 0 Å². The van der Waals surface area contributed by atoms with Crippen LogP contribution in [0, 0.1) is 0 Å². The van der Waals surface area contributed by atoms with Gasteiger partial charge in [-0.15, -0.1) is 5.10 Å². The molecule has 4 nitrogen and oxygen atoms in total. The molecule has 0 aliphatic rings. The summed E-state index contributed by atoms with van der Waals surface area (Å²) in [4.78, 5) is 1.48. The van der Waals surface area contributed by atoms with Crippen molar-refractivity contribution in [2.24, 2.45) is 0 Å². The second-order valence-corrected chi connectivity index (χ2v) is 3.36. The average Bonchev–Trinajstić information content (AvgIpc) is 2.11. The Labute approximate surface area is 64.2 Å². The molecule has 0 aromatic carbocycles. The minimum atomic E-state index is -0.139. The molecule has 1 aromatic rings.